The van der Waals surface area contributed by atoms with Crippen LogP contribution in [0, 0.1) is 11.3 Å². The van der Waals surface area contributed by atoms with Crippen LogP contribution in [-0.4, -0.2) is 36.0 Å². The van der Waals surface area contributed by atoms with Crippen molar-refractivity contribution in [2.75, 3.05) is 13.2 Å². The summed E-state index contributed by atoms with van der Waals surface area (Å²) in [4.78, 5) is 12.8. The maximum Gasteiger partial charge on any atom is 0.174 e. The molecule has 1 saturated carbocycles. The van der Waals surface area contributed by atoms with Crippen LogP contribution in [0.5, 0.6) is 0 Å². The number of ether oxygens (including phenoxy) is 3. The minimum atomic E-state index is -0.577. The highest BCUT2D eigenvalue weighted by Crippen LogP contribution is 2.64. The summed E-state index contributed by atoms with van der Waals surface area (Å²) in [6.45, 7) is 11.3. The summed E-state index contributed by atoms with van der Waals surface area (Å²) in [6, 6.07) is 0. The van der Waals surface area contributed by atoms with Crippen LogP contribution in [0.3, 0.4) is 0 Å². The van der Waals surface area contributed by atoms with E-state index >= 15 is 0 Å². The zero-order valence-corrected chi connectivity index (χ0v) is 16.5. The second kappa shape index (κ2) is 6.68. The fourth-order valence-electron chi connectivity index (χ4n) is 6.23. The Morgan fingerprint density at radius 3 is 2.67 bits per heavy atom. The van der Waals surface area contributed by atoms with E-state index in [1.54, 1.807) is 0 Å². The smallest absolute Gasteiger partial charge is 0.174 e. The topological polar surface area (TPSA) is 44.8 Å². The molecule has 4 rings (SSSR count). The first-order valence-corrected chi connectivity index (χ1v) is 10.4. The van der Waals surface area contributed by atoms with Crippen molar-refractivity contribution in [3.63, 3.8) is 0 Å². The average Bonchev–Trinajstić information content (AvgIpc) is 3.28. The fraction of sp³-hybridized carbons (Fsp3) is 0.696. The number of rotatable bonds is 7. The molecule has 4 nitrogen and oxygen atoms in total. The van der Waals surface area contributed by atoms with Gasteiger partial charge in [-0.2, -0.15) is 0 Å². The van der Waals surface area contributed by atoms with E-state index in [0.717, 1.165) is 38.5 Å². The van der Waals surface area contributed by atoms with Crippen LogP contribution in [0.25, 0.3) is 0 Å². The summed E-state index contributed by atoms with van der Waals surface area (Å²) in [5, 5.41) is 0. The third-order valence-electron chi connectivity index (χ3n) is 7.35. The number of carbonyl (C=O) groups is 1. The van der Waals surface area contributed by atoms with E-state index in [0.29, 0.717) is 31.8 Å². The third kappa shape index (κ3) is 2.80. The van der Waals surface area contributed by atoms with Crippen molar-refractivity contribution >= 4 is 5.78 Å². The van der Waals surface area contributed by atoms with Crippen molar-refractivity contribution in [1.29, 1.82) is 0 Å². The molecule has 0 N–H and O–H groups in total. The van der Waals surface area contributed by atoms with Gasteiger partial charge in [0.2, 0.25) is 0 Å². The Hall–Kier alpha value is -1.23. The van der Waals surface area contributed by atoms with Gasteiger partial charge in [-0.15, -0.1) is 13.2 Å². The molecule has 148 valence electrons. The van der Waals surface area contributed by atoms with Gasteiger partial charge in [-0.1, -0.05) is 31.2 Å². The van der Waals surface area contributed by atoms with Crippen LogP contribution in [0.15, 0.2) is 37.5 Å². The summed E-state index contributed by atoms with van der Waals surface area (Å²) >= 11 is 0. The Labute approximate surface area is 162 Å². The number of Topliss-reactive ketones (excluding diaryl/α,β-unsaturated/α-hetero) is 1. The highest BCUT2D eigenvalue weighted by atomic mass is 16.7. The molecule has 4 heteroatoms. The SMILES string of the molecule is C=CCCC[C@]12C=C[C@]([C@@H]3CCC4(OCCO4)[C@@]3(C)CC=C)(CC(=O)C1)O2. The number of hydrogen-bond donors (Lipinski definition) is 0. The highest BCUT2D eigenvalue weighted by Gasteiger charge is 2.68. The molecule has 0 amide bonds. The van der Waals surface area contributed by atoms with Crippen molar-refractivity contribution in [3.05, 3.63) is 37.5 Å². The zero-order chi connectivity index (χ0) is 19.2. The Kier molecular flexibility index (Phi) is 4.73. The van der Waals surface area contributed by atoms with Gasteiger partial charge < -0.3 is 14.2 Å². The lowest BCUT2D eigenvalue weighted by molar-refractivity contribution is -0.244. The fourth-order valence-corrected chi connectivity index (χ4v) is 6.23. The van der Waals surface area contributed by atoms with Crippen LogP contribution >= 0.6 is 0 Å². The van der Waals surface area contributed by atoms with Gasteiger partial charge in [0.15, 0.2) is 5.79 Å². The van der Waals surface area contributed by atoms with Crippen molar-refractivity contribution in [2.24, 2.45) is 11.3 Å². The molecule has 4 aliphatic rings. The number of carbonyl (C=O) groups excluding carboxylic acids is 1. The minimum absolute atomic E-state index is 0.169. The van der Waals surface area contributed by atoms with Crippen LogP contribution in [-0.2, 0) is 19.0 Å². The molecule has 0 aromatic heterocycles. The Bertz CT molecular complexity index is 661. The predicted octanol–water partition coefficient (Wildman–Crippen LogP) is 4.51. The summed E-state index contributed by atoms with van der Waals surface area (Å²) in [7, 11) is 0. The molecule has 27 heavy (non-hydrogen) atoms. The van der Waals surface area contributed by atoms with E-state index in [4.69, 9.17) is 14.2 Å². The molecular weight excluding hydrogens is 340 g/mol. The number of allylic oxidation sites excluding steroid dienone is 2. The van der Waals surface area contributed by atoms with E-state index < -0.39 is 17.0 Å². The van der Waals surface area contributed by atoms with E-state index in [9.17, 15) is 4.79 Å². The first kappa shape index (κ1) is 19.1. The Morgan fingerprint density at radius 1 is 1.19 bits per heavy atom. The molecule has 4 atom stereocenters. The second-order valence-electron chi connectivity index (χ2n) is 8.98. The highest BCUT2D eigenvalue weighted by molar-refractivity contribution is 5.83. The number of hydrogen-bond acceptors (Lipinski definition) is 4. The molecule has 3 fully saturated rings. The molecule has 3 heterocycles. The Balaban J connectivity index is 1.65. The van der Waals surface area contributed by atoms with Crippen molar-refractivity contribution < 1.29 is 19.0 Å². The first-order valence-electron chi connectivity index (χ1n) is 10.4. The molecule has 0 radical (unpaired) electrons. The standard InChI is InChI=1S/C23H32O4/c1-4-6-7-10-21-12-13-22(27-21,17-18(24)16-21)19-8-11-23(25-14-15-26-23)20(19,3)9-5-2/h4-5,12-13,19H,1-2,6-11,14-17H2,3H3/t19-,20+,21+,22-/m1/s1. The summed E-state index contributed by atoms with van der Waals surface area (Å²) in [5.74, 6) is -0.102. The van der Waals surface area contributed by atoms with Crippen LogP contribution in [0.1, 0.15) is 58.3 Å². The van der Waals surface area contributed by atoms with Crippen LogP contribution < -0.4 is 0 Å². The number of unbranched alkanes of at least 4 members (excludes halogenated alkanes) is 1. The molecule has 1 spiro atoms. The zero-order valence-electron chi connectivity index (χ0n) is 16.5. The first-order chi connectivity index (χ1) is 12.9. The lowest BCUT2D eigenvalue weighted by Crippen LogP contribution is -2.56. The van der Waals surface area contributed by atoms with Gasteiger partial charge in [0, 0.05) is 30.6 Å². The van der Waals surface area contributed by atoms with E-state index in [-0.39, 0.29) is 11.3 Å². The lowest BCUT2D eigenvalue weighted by atomic mass is 9.65. The maximum absolute atomic E-state index is 12.8. The molecule has 1 aliphatic carbocycles. The number of fused-ring (bicyclic) bond motifs is 2. The van der Waals surface area contributed by atoms with Crippen LogP contribution in [0.2, 0.25) is 0 Å². The molecule has 0 aromatic carbocycles. The number of ketones is 1. The maximum atomic E-state index is 12.8. The van der Waals surface area contributed by atoms with Gasteiger partial charge in [-0.05, 0) is 32.1 Å². The van der Waals surface area contributed by atoms with Crippen LogP contribution in [0.4, 0.5) is 0 Å². The van der Waals surface area contributed by atoms with Gasteiger partial charge in [-0.3, -0.25) is 4.79 Å². The largest absolute Gasteiger partial charge is 0.359 e. The summed E-state index contributed by atoms with van der Waals surface area (Å²) in [5.41, 5.74) is -1.24. The van der Waals surface area contributed by atoms with Crippen molar-refractivity contribution in [2.45, 2.75) is 75.3 Å². The molecule has 0 aromatic rings. The average molecular weight is 373 g/mol. The van der Waals surface area contributed by atoms with E-state index in [1.807, 2.05) is 12.2 Å². The monoisotopic (exact) mass is 372 g/mol. The minimum Gasteiger partial charge on any atom is -0.359 e. The second-order valence-corrected chi connectivity index (χ2v) is 8.98. The molecule has 0 unspecified atom stereocenters. The van der Waals surface area contributed by atoms with E-state index in [1.165, 1.54) is 0 Å². The van der Waals surface area contributed by atoms with Gasteiger partial charge in [0.05, 0.1) is 24.4 Å². The molecule has 2 saturated heterocycles. The normalized spacial score (nSPS) is 42.1. The van der Waals surface area contributed by atoms with Gasteiger partial charge in [0.1, 0.15) is 5.78 Å². The van der Waals surface area contributed by atoms with Gasteiger partial charge in [0.25, 0.3) is 0 Å². The van der Waals surface area contributed by atoms with Crippen molar-refractivity contribution in [3.8, 4) is 0 Å². The summed E-state index contributed by atoms with van der Waals surface area (Å²) < 4.78 is 19.2. The van der Waals surface area contributed by atoms with Crippen molar-refractivity contribution in [1.82, 2.24) is 0 Å². The van der Waals surface area contributed by atoms with E-state index in [2.05, 4.69) is 32.2 Å². The quantitative estimate of drug-likeness (QED) is 0.487. The van der Waals surface area contributed by atoms with Gasteiger partial charge >= 0.3 is 0 Å². The molecular formula is C23H32O4. The lowest BCUT2D eigenvalue weighted by Gasteiger charge is -2.50. The Morgan fingerprint density at radius 2 is 1.96 bits per heavy atom. The predicted molar refractivity (Wildman–Crippen MR) is 104 cm³/mol. The molecule has 3 aliphatic heterocycles. The third-order valence-corrected chi connectivity index (χ3v) is 7.35. The van der Waals surface area contributed by atoms with Gasteiger partial charge in [-0.25, -0.2) is 0 Å². The summed E-state index contributed by atoms with van der Waals surface area (Å²) in [6.07, 6.45) is 14.6. The molecule has 2 bridgehead atoms.